The number of fused-ring (bicyclic) bond motifs is 1. The number of benzene rings is 2. The van der Waals surface area contributed by atoms with E-state index in [0.717, 1.165) is 35.1 Å². The fourth-order valence-electron chi connectivity index (χ4n) is 3.89. The Hall–Kier alpha value is -5.05. The van der Waals surface area contributed by atoms with Gasteiger partial charge in [-0.3, -0.25) is 4.21 Å². The van der Waals surface area contributed by atoms with Crippen LogP contribution in [0, 0.1) is 0 Å². The minimum Gasteiger partial charge on any atom is -0.424 e. The largest absolute Gasteiger partial charge is 0.424 e. The van der Waals surface area contributed by atoms with Gasteiger partial charge in [0.25, 0.3) is 0 Å². The molecule has 42 heavy (non-hydrogen) atoms. The molecule has 11 nitrogen and oxygen atoms in total. The molecule has 0 fully saturated rings. The molecule has 2 amide bonds. The molecule has 5 aromatic rings. The number of hydrogen-bond donors (Lipinski definition) is 2. The number of rotatable bonds is 7. The van der Waals surface area contributed by atoms with E-state index in [1.165, 1.54) is 18.6 Å². The molecule has 0 saturated heterocycles. The van der Waals surface area contributed by atoms with E-state index in [9.17, 15) is 22.2 Å². The topological polar surface area (TPSA) is 127 Å². The molecule has 0 bridgehead atoms. The van der Waals surface area contributed by atoms with Crippen molar-refractivity contribution in [2.75, 3.05) is 35.9 Å². The second-order valence-corrected chi connectivity index (χ2v) is 10.5. The van der Waals surface area contributed by atoms with E-state index < -0.39 is 28.6 Å². The Bertz CT molecular complexity index is 1780. The molecule has 15 heteroatoms. The number of aromatic nitrogens is 5. The van der Waals surface area contributed by atoms with E-state index in [1.807, 2.05) is 43.4 Å². The smallest absolute Gasteiger partial charge is 0.416 e. The first-order valence-corrected chi connectivity index (χ1v) is 13.8. The summed E-state index contributed by atoms with van der Waals surface area (Å²) < 4.78 is 58.7. The van der Waals surface area contributed by atoms with E-state index in [0.29, 0.717) is 11.4 Å². The normalized spacial score (nSPS) is 12.1. The molecule has 0 aliphatic heterocycles. The molecule has 3 aromatic heterocycles. The van der Waals surface area contributed by atoms with E-state index in [1.54, 1.807) is 22.8 Å². The number of urea groups is 1. The van der Waals surface area contributed by atoms with Crippen molar-refractivity contribution in [1.82, 2.24) is 24.6 Å². The molecule has 0 saturated carbocycles. The van der Waals surface area contributed by atoms with Gasteiger partial charge >= 0.3 is 18.2 Å². The summed E-state index contributed by atoms with van der Waals surface area (Å²) in [6, 6.07) is 10.8. The van der Waals surface area contributed by atoms with Crippen LogP contribution in [0.5, 0.6) is 11.8 Å². The zero-order valence-corrected chi connectivity index (χ0v) is 23.2. The molecular weight excluding hydrogens is 573 g/mol. The predicted molar refractivity (Wildman–Crippen MR) is 151 cm³/mol. The Balaban J connectivity index is 1.24. The maximum absolute atomic E-state index is 13.1. The van der Waals surface area contributed by atoms with Crippen molar-refractivity contribution in [3.63, 3.8) is 0 Å². The highest BCUT2D eigenvalue weighted by atomic mass is 32.2. The minimum atomic E-state index is -4.63. The fourth-order valence-corrected chi connectivity index (χ4v) is 4.57. The van der Waals surface area contributed by atoms with Crippen LogP contribution in [0.1, 0.15) is 5.56 Å². The van der Waals surface area contributed by atoms with Crippen LogP contribution in [-0.4, -0.2) is 55.2 Å². The summed E-state index contributed by atoms with van der Waals surface area (Å²) in [5.41, 5.74) is 1.36. The number of nitrogens with zero attached hydrogens (tertiary/aromatic N) is 6. The highest BCUT2D eigenvalue weighted by Crippen LogP contribution is 2.33. The van der Waals surface area contributed by atoms with Crippen LogP contribution in [0.25, 0.3) is 16.8 Å². The van der Waals surface area contributed by atoms with Crippen LogP contribution >= 0.6 is 0 Å². The lowest BCUT2D eigenvalue weighted by Crippen LogP contribution is -2.21. The predicted octanol–water partition coefficient (Wildman–Crippen LogP) is 5.44. The van der Waals surface area contributed by atoms with Crippen LogP contribution in [0.15, 0.2) is 78.2 Å². The summed E-state index contributed by atoms with van der Waals surface area (Å²) in [6.07, 6.45) is 2.78. The Morgan fingerprint density at radius 1 is 1.00 bits per heavy atom. The summed E-state index contributed by atoms with van der Waals surface area (Å²) in [5, 5.41) is 9.08. The highest BCUT2D eigenvalue weighted by molar-refractivity contribution is 7.84. The lowest BCUT2D eigenvalue weighted by atomic mass is 10.1. The Labute approximate surface area is 239 Å². The lowest BCUT2D eigenvalue weighted by Gasteiger charge is -2.14. The van der Waals surface area contributed by atoms with Crippen molar-refractivity contribution in [2.24, 2.45) is 0 Å². The lowest BCUT2D eigenvalue weighted by molar-refractivity contribution is -0.137. The first-order chi connectivity index (χ1) is 20.0. The van der Waals surface area contributed by atoms with Gasteiger partial charge in [-0.25, -0.2) is 24.3 Å². The van der Waals surface area contributed by atoms with Crippen LogP contribution in [0.2, 0.25) is 0 Å². The van der Waals surface area contributed by atoms with Crippen LogP contribution < -0.4 is 20.3 Å². The third kappa shape index (κ3) is 6.30. The number of amides is 2. The Morgan fingerprint density at radius 3 is 2.36 bits per heavy atom. The molecule has 2 N–H and O–H groups in total. The molecule has 5 rings (SSSR count). The van der Waals surface area contributed by atoms with Gasteiger partial charge in [-0.05, 0) is 42.0 Å². The van der Waals surface area contributed by atoms with Gasteiger partial charge in [0, 0.05) is 32.1 Å². The highest BCUT2D eigenvalue weighted by Gasteiger charge is 2.31. The molecule has 0 radical (unpaired) electrons. The van der Waals surface area contributed by atoms with Gasteiger partial charge in [0.05, 0.1) is 51.2 Å². The van der Waals surface area contributed by atoms with Crippen LogP contribution in [0.4, 0.5) is 35.2 Å². The van der Waals surface area contributed by atoms with Crippen LogP contribution in [-0.2, 0) is 17.0 Å². The number of nitrogens with one attached hydrogen (secondary N) is 2. The SMILES string of the molecule is CN(C)c1ccn2ncc(-c3ccc(Oc4ncc(NC(=O)Nc5cc(C(F)(F)F)ccc5S(C)=O)cn4)cc3)c2n1. The average molecular weight is 597 g/mol. The van der Waals surface area contributed by atoms with Crippen LogP contribution in [0.3, 0.4) is 0 Å². The van der Waals surface area contributed by atoms with Gasteiger partial charge in [-0.1, -0.05) is 12.1 Å². The molecule has 0 aliphatic carbocycles. The summed E-state index contributed by atoms with van der Waals surface area (Å²) in [5.74, 6) is 1.26. The molecule has 3 heterocycles. The molecule has 1 unspecified atom stereocenters. The standard InChI is InChI=1S/C27H23F3N8O3S/c1-37(2)23-10-11-38-24(36-23)20(15-33-38)16-4-7-19(8-5-16)41-26-31-13-18(14-32-26)34-25(39)35-21-12-17(27(28,29)30)6-9-22(21)42(3)40/h4-15H,1-3H3,(H2,34,35,39). The molecule has 0 aliphatic rings. The number of alkyl halides is 3. The first-order valence-electron chi connectivity index (χ1n) is 12.2. The number of halogens is 3. The maximum atomic E-state index is 13.1. The van der Waals surface area contributed by atoms with Gasteiger partial charge < -0.3 is 20.3 Å². The van der Waals surface area contributed by atoms with Crippen molar-refractivity contribution in [3.05, 3.63) is 78.9 Å². The summed E-state index contributed by atoms with van der Waals surface area (Å²) in [4.78, 5) is 27.2. The van der Waals surface area contributed by atoms with Gasteiger partial charge in [0.15, 0.2) is 5.65 Å². The molecule has 0 spiro atoms. The molecule has 2 aromatic carbocycles. The zero-order valence-electron chi connectivity index (χ0n) is 22.4. The third-order valence-corrected chi connectivity index (χ3v) is 6.91. The fraction of sp³-hybridized carbons (Fsp3) is 0.148. The van der Waals surface area contributed by atoms with E-state index in [-0.39, 0.29) is 22.3 Å². The number of ether oxygens (including phenoxy) is 1. The van der Waals surface area contributed by atoms with Gasteiger partial charge in [-0.15, -0.1) is 0 Å². The second kappa shape index (κ2) is 11.4. The van der Waals surface area contributed by atoms with E-state index in [2.05, 4.69) is 30.7 Å². The van der Waals surface area contributed by atoms with Crippen molar-refractivity contribution < 1.29 is 26.9 Å². The van der Waals surface area contributed by atoms with E-state index >= 15 is 0 Å². The van der Waals surface area contributed by atoms with Crippen molar-refractivity contribution in [2.45, 2.75) is 11.1 Å². The number of anilines is 3. The Kier molecular flexibility index (Phi) is 7.76. The number of carbonyl (C=O) groups is 1. The van der Waals surface area contributed by atoms with E-state index in [4.69, 9.17) is 4.74 Å². The van der Waals surface area contributed by atoms with Gasteiger partial charge in [0.2, 0.25) is 0 Å². The summed E-state index contributed by atoms with van der Waals surface area (Å²) in [6.45, 7) is 0. The first kappa shape index (κ1) is 28.5. The minimum absolute atomic E-state index is 0.00327. The number of hydrogen-bond acceptors (Lipinski definition) is 8. The molecule has 216 valence electrons. The van der Waals surface area contributed by atoms with Crippen molar-refractivity contribution in [3.8, 4) is 22.9 Å². The average Bonchev–Trinajstić information content (AvgIpc) is 3.37. The number of carbonyl (C=O) groups excluding carboxylic acids is 1. The zero-order chi connectivity index (χ0) is 30.0. The van der Waals surface area contributed by atoms with Crippen molar-refractivity contribution in [1.29, 1.82) is 0 Å². The monoisotopic (exact) mass is 596 g/mol. The van der Waals surface area contributed by atoms with Gasteiger partial charge in [-0.2, -0.15) is 18.3 Å². The van der Waals surface area contributed by atoms with Crippen molar-refractivity contribution >= 4 is 39.7 Å². The second-order valence-electron chi connectivity index (χ2n) is 9.13. The maximum Gasteiger partial charge on any atom is 0.416 e. The summed E-state index contributed by atoms with van der Waals surface area (Å²) in [7, 11) is 2.18. The molecule has 1 atom stereocenters. The summed E-state index contributed by atoms with van der Waals surface area (Å²) >= 11 is 0. The van der Waals surface area contributed by atoms with Gasteiger partial charge in [0.1, 0.15) is 11.6 Å². The Morgan fingerprint density at radius 2 is 1.71 bits per heavy atom. The third-order valence-electron chi connectivity index (χ3n) is 5.94. The molecular formula is C27H23F3N8O3S. The quantitative estimate of drug-likeness (QED) is 0.254.